The van der Waals surface area contributed by atoms with E-state index >= 15 is 0 Å². The number of nitrogens with one attached hydrogen (secondary N) is 2. The van der Waals surface area contributed by atoms with E-state index in [1.54, 1.807) is 0 Å². The van der Waals surface area contributed by atoms with Gasteiger partial charge in [0.2, 0.25) is 5.91 Å². The second kappa shape index (κ2) is 7.83. The van der Waals surface area contributed by atoms with Gasteiger partial charge < -0.3 is 10.6 Å². The molecule has 0 saturated carbocycles. The summed E-state index contributed by atoms with van der Waals surface area (Å²) < 4.78 is 26.5. The molecule has 0 radical (unpaired) electrons. The number of benzene rings is 2. The number of hydrogen-bond donors (Lipinski definition) is 2. The summed E-state index contributed by atoms with van der Waals surface area (Å²) in [6.45, 7) is 0. The van der Waals surface area contributed by atoms with Crippen molar-refractivity contribution < 1.29 is 18.4 Å². The Morgan fingerprint density at radius 3 is 2.54 bits per heavy atom. The Balaban J connectivity index is 1.61. The summed E-state index contributed by atoms with van der Waals surface area (Å²) in [4.78, 5) is 28.1. The first-order valence-corrected chi connectivity index (χ1v) is 8.45. The van der Waals surface area contributed by atoms with Crippen LogP contribution in [-0.2, 0) is 11.2 Å². The Hall–Kier alpha value is -3.13. The Labute approximate surface area is 151 Å². The molecule has 0 bridgehead atoms. The topological polar surface area (TPSA) is 71.1 Å². The molecule has 2 aromatic carbocycles. The van der Waals surface area contributed by atoms with Gasteiger partial charge in [-0.15, -0.1) is 11.3 Å². The maximum Gasteiger partial charge on any atom is 0.275 e. The van der Waals surface area contributed by atoms with Crippen LogP contribution in [0.25, 0.3) is 0 Å². The third-order valence-electron chi connectivity index (χ3n) is 3.37. The highest BCUT2D eigenvalue weighted by Crippen LogP contribution is 2.19. The lowest BCUT2D eigenvalue weighted by molar-refractivity contribution is -0.115. The van der Waals surface area contributed by atoms with Crippen molar-refractivity contribution in [3.63, 3.8) is 0 Å². The van der Waals surface area contributed by atoms with Crippen LogP contribution in [0.5, 0.6) is 0 Å². The molecule has 3 rings (SSSR count). The molecule has 0 saturated heterocycles. The summed E-state index contributed by atoms with van der Waals surface area (Å²) in [5, 5.41) is 6.62. The number of nitrogens with zero attached hydrogens (tertiary/aromatic N) is 1. The molecule has 2 amide bonds. The number of carbonyl (C=O) groups is 2. The van der Waals surface area contributed by atoms with Crippen molar-refractivity contribution in [2.45, 2.75) is 6.42 Å². The predicted octanol–water partition coefficient (Wildman–Crippen LogP) is 3.85. The molecule has 0 aliphatic carbocycles. The van der Waals surface area contributed by atoms with Crippen LogP contribution >= 0.6 is 11.3 Å². The molecule has 0 unspecified atom stereocenters. The first-order valence-electron chi connectivity index (χ1n) is 7.57. The fourth-order valence-electron chi connectivity index (χ4n) is 2.16. The van der Waals surface area contributed by atoms with E-state index in [2.05, 4.69) is 15.6 Å². The van der Waals surface area contributed by atoms with Gasteiger partial charge in [0.05, 0.1) is 12.1 Å². The van der Waals surface area contributed by atoms with Gasteiger partial charge in [-0.05, 0) is 17.7 Å². The molecule has 0 spiro atoms. The fourth-order valence-corrected chi connectivity index (χ4v) is 2.86. The van der Waals surface area contributed by atoms with Gasteiger partial charge in [-0.25, -0.2) is 13.8 Å². The number of carbonyl (C=O) groups excluding carboxylic acids is 2. The smallest absolute Gasteiger partial charge is 0.275 e. The van der Waals surface area contributed by atoms with Crippen molar-refractivity contribution in [1.82, 2.24) is 4.98 Å². The molecule has 0 aliphatic heterocycles. The van der Waals surface area contributed by atoms with Crippen LogP contribution in [0, 0.1) is 11.6 Å². The van der Waals surface area contributed by atoms with Crippen molar-refractivity contribution in [3.8, 4) is 0 Å². The van der Waals surface area contributed by atoms with Crippen LogP contribution in [0.2, 0.25) is 0 Å². The number of hydrogen-bond acceptors (Lipinski definition) is 4. The first kappa shape index (κ1) is 17.7. The van der Waals surface area contributed by atoms with Gasteiger partial charge in [-0.3, -0.25) is 9.59 Å². The maximum absolute atomic E-state index is 13.6. The molecular formula is C18H13F2N3O2S. The zero-order valence-corrected chi connectivity index (χ0v) is 14.1. The zero-order valence-electron chi connectivity index (χ0n) is 13.3. The molecule has 1 heterocycles. The van der Waals surface area contributed by atoms with Crippen LogP contribution in [-0.4, -0.2) is 16.8 Å². The van der Waals surface area contributed by atoms with E-state index in [1.807, 2.05) is 30.3 Å². The minimum absolute atomic E-state index is 0.0220. The minimum atomic E-state index is -0.884. The van der Waals surface area contributed by atoms with Crippen LogP contribution in [0.1, 0.15) is 16.1 Å². The summed E-state index contributed by atoms with van der Waals surface area (Å²) in [5.74, 6) is -2.54. The Kier molecular flexibility index (Phi) is 5.33. The molecule has 0 aliphatic rings. The SMILES string of the molecule is O=C(Cc1ccccc1)Nc1nc(C(=O)Nc2ccc(F)cc2F)cs1. The second-order valence-corrected chi connectivity index (χ2v) is 6.18. The molecule has 5 nitrogen and oxygen atoms in total. The molecular weight excluding hydrogens is 360 g/mol. The molecule has 0 fully saturated rings. The zero-order chi connectivity index (χ0) is 18.5. The van der Waals surface area contributed by atoms with Gasteiger partial charge in [-0.1, -0.05) is 30.3 Å². The minimum Gasteiger partial charge on any atom is -0.318 e. The molecule has 0 atom stereocenters. The largest absolute Gasteiger partial charge is 0.318 e. The number of halogens is 2. The van der Waals surface area contributed by atoms with E-state index in [0.717, 1.165) is 29.0 Å². The average Bonchev–Trinajstić information content (AvgIpc) is 3.06. The lowest BCUT2D eigenvalue weighted by Gasteiger charge is -2.04. The van der Waals surface area contributed by atoms with Gasteiger partial charge in [0.1, 0.15) is 17.3 Å². The van der Waals surface area contributed by atoms with Gasteiger partial charge in [0.25, 0.3) is 5.91 Å². The third-order valence-corrected chi connectivity index (χ3v) is 4.13. The Bertz CT molecular complexity index is 945. The van der Waals surface area contributed by atoms with E-state index in [9.17, 15) is 18.4 Å². The number of amides is 2. The van der Waals surface area contributed by atoms with Crippen molar-refractivity contribution in [3.05, 3.63) is 76.8 Å². The molecule has 2 N–H and O–H groups in total. The van der Waals surface area contributed by atoms with Crippen molar-refractivity contribution >= 4 is 34.0 Å². The second-order valence-electron chi connectivity index (χ2n) is 5.33. The van der Waals surface area contributed by atoms with Gasteiger partial charge in [0.15, 0.2) is 5.13 Å². The van der Waals surface area contributed by atoms with Gasteiger partial charge >= 0.3 is 0 Å². The van der Waals surface area contributed by atoms with Crippen molar-refractivity contribution in [1.29, 1.82) is 0 Å². The van der Waals surface area contributed by atoms with Gasteiger partial charge in [0, 0.05) is 11.4 Å². The molecule has 3 aromatic rings. The normalized spacial score (nSPS) is 10.4. The summed E-state index contributed by atoms with van der Waals surface area (Å²) in [6.07, 6.45) is 0.183. The highest BCUT2D eigenvalue weighted by Gasteiger charge is 2.15. The molecule has 26 heavy (non-hydrogen) atoms. The van der Waals surface area contributed by atoms with E-state index in [4.69, 9.17) is 0 Å². The van der Waals surface area contributed by atoms with E-state index < -0.39 is 17.5 Å². The third kappa shape index (κ3) is 4.48. The Morgan fingerprint density at radius 1 is 1.04 bits per heavy atom. The van der Waals surface area contributed by atoms with Crippen LogP contribution in [0.4, 0.5) is 19.6 Å². The van der Waals surface area contributed by atoms with Crippen LogP contribution < -0.4 is 10.6 Å². The summed E-state index contributed by atoms with van der Waals surface area (Å²) >= 11 is 1.08. The molecule has 1 aromatic heterocycles. The number of aromatic nitrogens is 1. The summed E-state index contributed by atoms with van der Waals surface area (Å²) in [7, 11) is 0. The fraction of sp³-hybridized carbons (Fsp3) is 0.0556. The highest BCUT2D eigenvalue weighted by molar-refractivity contribution is 7.14. The number of rotatable bonds is 5. The standard InChI is InChI=1S/C18H13F2N3O2S/c19-12-6-7-14(13(20)9-12)21-17(25)15-10-26-18(22-15)23-16(24)8-11-4-2-1-3-5-11/h1-7,9-10H,8H2,(H,21,25)(H,22,23,24). The molecule has 8 heteroatoms. The van der Waals surface area contributed by atoms with E-state index in [0.29, 0.717) is 6.07 Å². The quantitative estimate of drug-likeness (QED) is 0.714. The van der Waals surface area contributed by atoms with Crippen LogP contribution in [0.15, 0.2) is 53.9 Å². The van der Waals surface area contributed by atoms with E-state index in [-0.39, 0.29) is 28.8 Å². The Morgan fingerprint density at radius 2 is 1.81 bits per heavy atom. The maximum atomic E-state index is 13.6. The number of thiazole rings is 1. The van der Waals surface area contributed by atoms with Crippen molar-refractivity contribution in [2.24, 2.45) is 0 Å². The number of anilines is 2. The van der Waals surface area contributed by atoms with Crippen LogP contribution in [0.3, 0.4) is 0 Å². The lowest BCUT2D eigenvalue weighted by Crippen LogP contribution is -2.16. The lowest BCUT2D eigenvalue weighted by atomic mass is 10.1. The molecule has 132 valence electrons. The van der Waals surface area contributed by atoms with Crippen molar-refractivity contribution in [2.75, 3.05) is 10.6 Å². The predicted molar refractivity (Wildman–Crippen MR) is 95.2 cm³/mol. The summed E-state index contributed by atoms with van der Waals surface area (Å²) in [5.41, 5.74) is 0.721. The average molecular weight is 373 g/mol. The van der Waals surface area contributed by atoms with Gasteiger partial charge in [-0.2, -0.15) is 0 Å². The van der Waals surface area contributed by atoms with E-state index in [1.165, 1.54) is 5.38 Å². The monoisotopic (exact) mass is 373 g/mol. The summed E-state index contributed by atoms with van der Waals surface area (Å²) in [6, 6.07) is 12.0. The highest BCUT2D eigenvalue weighted by atomic mass is 32.1. The first-order chi connectivity index (χ1) is 12.5.